The number of aliphatic hydroxyl groups is 1. The SMILES string of the molecule is CC(C)CCCC(C)CCCOc1ccc(CCC(N)(CO)CC2CCC2)c(O)c1. The number of hydrogen-bond donors (Lipinski definition) is 3. The number of hydrogen-bond acceptors (Lipinski definition) is 4. The summed E-state index contributed by atoms with van der Waals surface area (Å²) in [5, 5.41) is 20.2. The summed E-state index contributed by atoms with van der Waals surface area (Å²) in [7, 11) is 0. The summed E-state index contributed by atoms with van der Waals surface area (Å²) in [5.74, 6) is 3.18. The lowest BCUT2D eigenvalue weighted by atomic mass is 9.75. The van der Waals surface area contributed by atoms with Gasteiger partial charge in [-0.2, -0.15) is 0 Å². The molecule has 1 aromatic carbocycles. The third kappa shape index (κ3) is 8.85. The number of phenols is 1. The zero-order valence-electron chi connectivity index (χ0n) is 19.5. The highest BCUT2D eigenvalue weighted by Crippen LogP contribution is 2.35. The number of benzene rings is 1. The molecule has 1 aliphatic rings. The minimum Gasteiger partial charge on any atom is -0.508 e. The van der Waals surface area contributed by atoms with Crippen LogP contribution in [0.25, 0.3) is 0 Å². The van der Waals surface area contributed by atoms with E-state index in [1.54, 1.807) is 6.07 Å². The normalized spacial score (nSPS) is 17.5. The van der Waals surface area contributed by atoms with Gasteiger partial charge in [0.1, 0.15) is 11.5 Å². The molecule has 0 amide bonds. The fraction of sp³-hybridized carbons (Fsp3) is 0.769. The van der Waals surface area contributed by atoms with Crippen molar-refractivity contribution in [2.45, 2.75) is 96.9 Å². The third-order valence-electron chi connectivity index (χ3n) is 6.77. The average Bonchev–Trinajstić information content (AvgIpc) is 2.67. The van der Waals surface area contributed by atoms with E-state index in [1.165, 1.54) is 44.9 Å². The van der Waals surface area contributed by atoms with Gasteiger partial charge in [0.2, 0.25) is 0 Å². The van der Waals surface area contributed by atoms with Crippen LogP contribution >= 0.6 is 0 Å². The van der Waals surface area contributed by atoms with Crippen molar-refractivity contribution in [3.05, 3.63) is 23.8 Å². The molecule has 1 aliphatic carbocycles. The molecule has 0 saturated heterocycles. The molecule has 1 fully saturated rings. The summed E-state index contributed by atoms with van der Waals surface area (Å²) in [6.45, 7) is 7.59. The molecule has 4 nitrogen and oxygen atoms in total. The number of nitrogens with two attached hydrogens (primary N) is 1. The Balaban J connectivity index is 1.70. The van der Waals surface area contributed by atoms with Gasteiger partial charge in [-0.15, -0.1) is 0 Å². The fourth-order valence-electron chi connectivity index (χ4n) is 4.39. The van der Waals surface area contributed by atoms with E-state index in [4.69, 9.17) is 10.5 Å². The molecule has 30 heavy (non-hydrogen) atoms. The molecule has 2 rings (SSSR count). The van der Waals surface area contributed by atoms with E-state index in [0.717, 1.165) is 36.0 Å². The highest BCUT2D eigenvalue weighted by atomic mass is 16.5. The summed E-state index contributed by atoms with van der Waals surface area (Å²) in [6.07, 6.45) is 12.1. The number of phenolic OH excluding ortho intramolecular Hbond substituents is 1. The molecule has 0 radical (unpaired) electrons. The summed E-state index contributed by atoms with van der Waals surface area (Å²) < 4.78 is 5.85. The first-order chi connectivity index (χ1) is 14.3. The molecule has 1 aromatic rings. The predicted octanol–water partition coefficient (Wildman–Crippen LogP) is 5.83. The van der Waals surface area contributed by atoms with E-state index >= 15 is 0 Å². The van der Waals surface area contributed by atoms with Crippen LogP contribution in [0.2, 0.25) is 0 Å². The van der Waals surface area contributed by atoms with Crippen LogP contribution in [0.4, 0.5) is 0 Å². The second-order valence-electron chi connectivity index (χ2n) is 10.2. The zero-order valence-corrected chi connectivity index (χ0v) is 19.5. The zero-order chi connectivity index (χ0) is 22.0. The molecule has 4 N–H and O–H groups in total. The topological polar surface area (TPSA) is 75.7 Å². The van der Waals surface area contributed by atoms with Gasteiger partial charge >= 0.3 is 0 Å². The Hall–Kier alpha value is -1.26. The van der Waals surface area contributed by atoms with Crippen molar-refractivity contribution in [3.8, 4) is 11.5 Å². The molecule has 2 unspecified atom stereocenters. The van der Waals surface area contributed by atoms with Crippen LogP contribution < -0.4 is 10.5 Å². The van der Waals surface area contributed by atoms with Gasteiger partial charge in [-0.25, -0.2) is 0 Å². The molecule has 0 heterocycles. The van der Waals surface area contributed by atoms with E-state index in [9.17, 15) is 10.2 Å². The van der Waals surface area contributed by atoms with E-state index in [0.29, 0.717) is 25.4 Å². The quantitative estimate of drug-likeness (QED) is 0.313. The van der Waals surface area contributed by atoms with Crippen LogP contribution in [-0.2, 0) is 6.42 Å². The van der Waals surface area contributed by atoms with Crippen molar-refractivity contribution in [2.75, 3.05) is 13.2 Å². The van der Waals surface area contributed by atoms with Gasteiger partial charge in [-0.1, -0.05) is 65.4 Å². The van der Waals surface area contributed by atoms with Crippen molar-refractivity contribution in [1.82, 2.24) is 0 Å². The van der Waals surface area contributed by atoms with E-state index in [1.807, 2.05) is 12.1 Å². The van der Waals surface area contributed by atoms with Gasteiger partial charge in [-0.05, 0) is 61.5 Å². The minimum absolute atomic E-state index is 0.00134. The van der Waals surface area contributed by atoms with Crippen molar-refractivity contribution in [3.63, 3.8) is 0 Å². The maximum absolute atomic E-state index is 10.4. The number of rotatable bonds is 15. The maximum Gasteiger partial charge on any atom is 0.122 e. The first-order valence-electron chi connectivity index (χ1n) is 12.2. The van der Waals surface area contributed by atoms with Gasteiger partial charge in [0.25, 0.3) is 0 Å². The summed E-state index contributed by atoms with van der Waals surface area (Å²) >= 11 is 0. The Morgan fingerprint density at radius 1 is 1.13 bits per heavy atom. The lowest BCUT2D eigenvalue weighted by Crippen LogP contribution is -2.46. The number of ether oxygens (including phenoxy) is 1. The number of aliphatic hydroxyl groups excluding tert-OH is 1. The highest BCUT2D eigenvalue weighted by molar-refractivity contribution is 5.39. The second kappa shape index (κ2) is 12.6. The lowest BCUT2D eigenvalue weighted by molar-refractivity contribution is 0.135. The van der Waals surface area contributed by atoms with E-state index in [-0.39, 0.29) is 12.4 Å². The van der Waals surface area contributed by atoms with Crippen LogP contribution in [0.3, 0.4) is 0 Å². The molecule has 0 bridgehead atoms. The van der Waals surface area contributed by atoms with Crippen LogP contribution in [0.15, 0.2) is 18.2 Å². The summed E-state index contributed by atoms with van der Waals surface area (Å²) in [6, 6.07) is 5.58. The highest BCUT2D eigenvalue weighted by Gasteiger charge is 2.31. The van der Waals surface area contributed by atoms with Crippen molar-refractivity contribution >= 4 is 0 Å². The van der Waals surface area contributed by atoms with Crippen molar-refractivity contribution < 1.29 is 14.9 Å². The molecular formula is C26H45NO3. The molecule has 0 aromatic heterocycles. The minimum atomic E-state index is -0.543. The molecule has 1 saturated carbocycles. The second-order valence-corrected chi connectivity index (χ2v) is 10.2. The average molecular weight is 420 g/mol. The lowest BCUT2D eigenvalue weighted by Gasteiger charge is -2.35. The number of aryl methyl sites for hydroxylation is 1. The predicted molar refractivity (Wildman–Crippen MR) is 125 cm³/mol. The third-order valence-corrected chi connectivity index (χ3v) is 6.77. The largest absolute Gasteiger partial charge is 0.508 e. The fourth-order valence-corrected chi connectivity index (χ4v) is 4.39. The van der Waals surface area contributed by atoms with Crippen LogP contribution in [0.1, 0.15) is 90.5 Å². The van der Waals surface area contributed by atoms with Gasteiger partial charge < -0.3 is 20.7 Å². The van der Waals surface area contributed by atoms with Crippen LogP contribution in [0, 0.1) is 17.8 Å². The molecule has 2 atom stereocenters. The van der Waals surface area contributed by atoms with Gasteiger partial charge in [-0.3, -0.25) is 0 Å². The van der Waals surface area contributed by atoms with Crippen molar-refractivity contribution in [1.29, 1.82) is 0 Å². The Bertz CT molecular complexity index is 614. The standard InChI is InChI=1S/C26H45NO3/c1-20(2)7-4-8-21(3)9-6-16-30-24-13-12-23(25(29)17-24)14-15-26(27,19-28)18-22-10-5-11-22/h12-13,17,20-22,28-29H,4-11,14-16,18-19,27H2,1-3H3. The molecule has 172 valence electrons. The van der Waals surface area contributed by atoms with Crippen LogP contribution in [0.5, 0.6) is 11.5 Å². The van der Waals surface area contributed by atoms with Gasteiger partial charge in [0.05, 0.1) is 13.2 Å². The first-order valence-corrected chi connectivity index (χ1v) is 12.2. The molecule has 4 heteroatoms. The Kier molecular flexibility index (Phi) is 10.5. The summed E-state index contributed by atoms with van der Waals surface area (Å²) in [5.41, 5.74) is 6.76. The van der Waals surface area contributed by atoms with E-state index in [2.05, 4.69) is 20.8 Å². The molecule has 0 spiro atoms. The van der Waals surface area contributed by atoms with Gasteiger partial charge in [0, 0.05) is 11.6 Å². The van der Waals surface area contributed by atoms with E-state index < -0.39 is 5.54 Å². The maximum atomic E-state index is 10.4. The monoisotopic (exact) mass is 419 g/mol. The van der Waals surface area contributed by atoms with Crippen molar-refractivity contribution in [2.24, 2.45) is 23.5 Å². The van der Waals surface area contributed by atoms with Gasteiger partial charge in [0.15, 0.2) is 0 Å². The van der Waals surface area contributed by atoms with Crippen LogP contribution in [-0.4, -0.2) is 29.0 Å². The number of aromatic hydroxyl groups is 1. The Labute approximate surface area is 184 Å². The molecule has 0 aliphatic heterocycles. The summed E-state index contributed by atoms with van der Waals surface area (Å²) in [4.78, 5) is 0. The molecular weight excluding hydrogens is 374 g/mol. The smallest absolute Gasteiger partial charge is 0.122 e. The first kappa shape index (κ1) is 25.0. The Morgan fingerprint density at radius 2 is 1.87 bits per heavy atom. The Morgan fingerprint density at radius 3 is 2.47 bits per heavy atom.